The number of carbonyl (C=O) groups excluding carboxylic acids is 3. The van der Waals surface area contributed by atoms with Crippen LogP contribution in [0.5, 0.6) is 5.75 Å². The van der Waals surface area contributed by atoms with Crippen LogP contribution in [0.25, 0.3) is 0 Å². The number of nitrogens with one attached hydrogen (secondary N) is 1. The van der Waals surface area contributed by atoms with Gasteiger partial charge in [0.25, 0.3) is 5.91 Å². The molecule has 0 fully saturated rings. The molecule has 2 aromatic carbocycles. The molecule has 0 aromatic heterocycles. The number of rotatable bonds is 7. The SMILES string of the molecule is CC(=O)c1ccccc1NC(=O)[C@@H](C)OC(=O)COc1ccc2c(c1)CCC2. The third-order valence-corrected chi connectivity index (χ3v) is 4.67. The van der Waals surface area contributed by atoms with Gasteiger partial charge in [-0.05, 0) is 68.5 Å². The average molecular weight is 381 g/mol. The Morgan fingerprint density at radius 3 is 2.61 bits per heavy atom. The van der Waals surface area contributed by atoms with Gasteiger partial charge in [-0.2, -0.15) is 0 Å². The molecule has 0 bridgehead atoms. The number of para-hydroxylation sites is 1. The summed E-state index contributed by atoms with van der Waals surface area (Å²) in [6.07, 6.45) is 2.23. The molecule has 0 spiro atoms. The van der Waals surface area contributed by atoms with Crippen LogP contribution in [0.2, 0.25) is 0 Å². The minimum atomic E-state index is -1.02. The van der Waals surface area contributed by atoms with Gasteiger partial charge in [-0.1, -0.05) is 18.2 Å². The number of anilines is 1. The van der Waals surface area contributed by atoms with E-state index in [1.54, 1.807) is 24.3 Å². The second-order valence-electron chi connectivity index (χ2n) is 6.80. The number of benzene rings is 2. The van der Waals surface area contributed by atoms with Gasteiger partial charge in [-0.3, -0.25) is 9.59 Å². The molecule has 28 heavy (non-hydrogen) atoms. The van der Waals surface area contributed by atoms with Gasteiger partial charge in [0.2, 0.25) is 0 Å². The Hall–Kier alpha value is -3.15. The summed E-state index contributed by atoms with van der Waals surface area (Å²) < 4.78 is 10.6. The molecule has 1 aliphatic rings. The molecule has 1 atom stereocenters. The first-order chi connectivity index (χ1) is 13.4. The Morgan fingerprint density at radius 1 is 1.07 bits per heavy atom. The largest absolute Gasteiger partial charge is 0.482 e. The topological polar surface area (TPSA) is 81.7 Å². The fraction of sp³-hybridized carbons (Fsp3) is 0.318. The van der Waals surface area contributed by atoms with Gasteiger partial charge < -0.3 is 14.8 Å². The van der Waals surface area contributed by atoms with Crippen LogP contribution in [0.3, 0.4) is 0 Å². The van der Waals surface area contributed by atoms with Crippen molar-refractivity contribution in [3.63, 3.8) is 0 Å². The number of ether oxygens (including phenoxy) is 2. The standard InChI is InChI=1S/C22H23NO5/c1-14(24)19-8-3-4-9-20(19)23-22(26)15(2)28-21(25)13-27-18-11-10-16-6-5-7-17(16)12-18/h3-4,8-12,15H,5-7,13H2,1-2H3,(H,23,26)/t15-/m1/s1. The Kier molecular flexibility index (Phi) is 6.09. The van der Waals surface area contributed by atoms with E-state index in [2.05, 4.69) is 5.32 Å². The molecule has 0 heterocycles. The minimum absolute atomic E-state index is 0.164. The predicted octanol–water partition coefficient (Wildman–Crippen LogP) is 3.33. The van der Waals surface area contributed by atoms with Crippen molar-refractivity contribution < 1.29 is 23.9 Å². The van der Waals surface area contributed by atoms with Crippen LogP contribution in [0.1, 0.15) is 41.8 Å². The summed E-state index contributed by atoms with van der Waals surface area (Å²) in [5.41, 5.74) is 3.36. The summed E-state index contributed by atoms with van der Waals surface area (Å²) in [6.45, 7) is 2.62. The highest BCUT2D eigenvalue weighted by molar-refractivity contribution is 6.04. The van der Waals surface area contributed by atoms with Gasteiger partial charge in [0, 0.05) is 5.56 Å². The first-order valence-electron chi connectivity index (χ1n) is 9.29. The van der Waals surface area contributed by atoms with Gasteiger partial charge >= 0.3 is 5.97 Å². The Bertz CT molecular complexity index is 906. The summed E-state index contributed by atoms with van der Waals surface area (Å²) in [6, 6.07) is 12.5. The molecular formula is C22H23NO5. The molecule has 0 unspecified atom stereocenters. The zero-order chi connectivity index (χ0) is 20.1. The van der Waals surface area contributed by atoms with Crippen molar-refractivity contribution in [3.8, 4) is 5.75 Å². The lowest BCUT2D eigenvalue weighted by Crippen LogP contribution is -2.32. The number of Topliss-reactive ketones (excluding diaryl/α,β-unsaturated/α-hetero) is 1. The number of aryl methyl sites for hydroxylation is 2. The lowest BCUT2D eigenvalue weighted by atomic mass is 10.1. The number of amides is 1. The Morgan fingerprint density at radius 2 is 1.82 bits per heavy atom. The van der Waals surface area contributed by atoms with Crippen LogP contribution in [-0.2, 0) is 27.2 Å². The number of esters is 1. The van der Waals surface area contributed by atoms with E-state index in [0.717, 1.165) is 19.3 Å². The summed E-state index contributed by atoms with van der Waals surface area (Å²) in [5.74, 6) is -0.698. The summed E-state index contributed by atoms with van der Waals surface area (Å²) in [4.78, 5) is 35.9. The maximum atomic E-state index is 12.3. The molecule has 0 aliphatic heterocycles. The molecule has 2 aromatic rings. The van der Waals surface area contributed by atoms with Gasteiger partial charge in [-0.15, -0.1) is 0 Å². The van der Waals surface area contributed by atoms with Crippen molar-refractivity contribution in [1.29, 1.82) is 0 Å². The van der Waals surface area contributed by atoms with Crippen LogP contribution >= 0.6 is 0 Å². The second kappa shape index (κ2) is 8.69. The maximum absolute atomic E-state index is 12.3. The highest BCUT2D eigenvalue weighted by atomic mass is 16.6. The lowest BCUT2D eigenvalue weighted by Gasteiger charge is -2.15. The fourth-order valence-corrected chi connectivity index (χ4v) is 3.20. The monoisotopic (exact) mass is 381 g/mol. The first kappa shape index (κ1) is 19.6. The molecule has 6 nitrogen and oxygen atoms in total. The second-order valence-corrected chi connectivity index (χ2v) is 6.80. The number of hydrogen-bond acceptors (Lipinski definition) is 5. The molecule has 0 radical (unpaired) electrons. The molecule has 1 amide bonds. The zero-order valence-electron chi connectivity index (χ0n) is 16.0. The van der Waals surface area contributed by atoms with Crippen LogP contribution in [0, 0.1) is 0 Å². The van der Waals surface area contributed by atoms with Crippen molar-refractivity contribution in [2.24, 2.45) is 0 Å². The van der Waals surface area contributed by atoms with E-state index in [1.807, 2.05) is 18.2 Å². The van der Waals surface area contributed by atoms with E-state index < -0.39 is 18.0 Å². The van der Waals surface area contributed by atoms with Crippen LogP contribution < -0.4 is 10.1 Å². The van der Waals surface area contributed by atoms with Gasteiger partial charge in [0.05, 0.1) is 5.69 Å². The number of fused-ring (bicyclic) bond motifs is 1. The van der Waals surface area contributed by atoms with Crippen LogP contribution in [-0.4, -0.2) is 30.4 Å². The molecule has 0 saturated heterocycles. The summed E-state index contributed by atoms with van der Waals surface area (Å²) in [7, 11) is 0. The highest BCUT2D eigenvalue weighted by Crippen LogP contribution is 2.26. The third-order valence-electron chi connectivity index (χ3n) is 4.67. The van der Waals surface area contributed by atoms with Crippen molar-refractivity contribution in [3.05, 3.63) is 59.2 Å². The summed E-state index contributed by atoms with van der Waals surface area (Å²) in [5, 5.41) is 2.62. The highest BCUT2D eigenvalue weighted by Gasteiger charge is 2.20. The number of carbonyl (C=O) groups is 3. The molecule has 1 aliphatic carbocycles. The van der Waals surface area contributed by atoms with E-state index in [9.17, 15) is 14.4 Å². The molecule has 6 heteroatoms. The van der Waals surface area contributed by atoms with Gasteiger partial charge in [0.15, 0.2) is 18.5 Å². The van der Waals surface area contributed by atoms with Crippen molar-refractivity contribution in [2.45, 2.75) is 39.2 Å². The fourth-order valence-electron chi connectivity index (χ4n) is 3.20. The van der Waals surface area contributed by atoms with Crippen LogP contribution in [0.4, 0.5) is 5.69 Å². The molecule has 0 saturated carbocycles. The average Bonchev–Trinajstić information content (AvgIpc) is 3.14. The molecule has 3 rings (SSSR count). The van der Waals surface area contributed by atoms with Crippen LogP contribution in [0.15, 0.2) is 42.5 Å². The van der Waals surface area contributed by atoms with Crippen molar-refractivity contribution in [2.75, 3.05) is 11.9 Å². The summed E-state index contributed by atoms with van der Waals surface area (Å²) >= 11 is 0. The maximum Gasteiger partial charge on any atom is 0.344 e. The number of hydrogen-bond donors (Lipinski definition) is 1. The lowest BCUT2D eigenvalue weighted by molar-refractivity contribution is -0.155. The Labute approximate surface area is 163 Å². The van der Waals surface area contributed by atoms with Gasteiger partial charge in [-0.25, -0.2) is 4.79 Å². The zero-order valence-corrected chi connectivity index (χ0v) is 16.0. The number of ketones is 1. The quantitative estimate of drug-likeness (QED) is 0.588. The van der Waals surface area contributed by atoms with Crippen molar-refractivity contribution in [1.82, 2.24) is 0 Å². The Balaban J connectivity index is 1.51. The normalized spacial score (nSPS) is 13.4. The molecule has 146 valence electrons. The first-order valence-corrected chi connectivity index (χ1v) is 9.29. The molecule has 1 N–H and O–H groups in total. The van der Waals surface area contributed by atoms with Gasteiger partial charge in [0.1, 0.15) is 5.75 Å². The van der Waals surface area contributed by atoms with E-state index in [1.165, 1.54) is 25.0 Å². The van der Waals surface area contributed by atoms with E-state index in [0.29, 0.717) is 17.0 Å². The molecular weight excluding hydrogens is 358 g/mol. The third kappa shape index (κ3) is 4.76. The van der Waals surface area contributed by atoms with Crippen molar-refractivity contribution >= 4 is 23.3 Å². The van der Waals surface area contributed by atoms with E-state index in [-0.39, 0.29) is 12.4 Å². The smallest absolute Gasteiger partial charge is 0.344 e. The van der Waals surface area contributed by atoms with E-state index in [4.69, 9.17) is 9.47 Å². The predicted molar refractivity (Wildman–Crippen MR) is 105 cm³/mol. The minimum Gasteiger partial charge on any atom is -0.482 e. The van der Waals surface area contributed by atoms with E-state index >= 15 is 0 Å².